The second-order valence-corrected chi connectivity index (χ2v) is 4.31. The molecule has 6 heteroatoms. The molecule has 0 saturated carbocycles. The minimum absolute atomic E-state index is 0.676. The van der Waals surface area contributed by atoms with Gasteiger partial charge in [0.1, 0.15) is 18.0 Å². The van der Waals surface area contributed by atoms with Crippen LogP contribution in [0.4, 0.5) is 11.6 Å². The normalized spacial score (nSPS) is 10.2. The van der Waals surface area contributed by atoms with Crippen LogP contribution in [0.1, 0.15) is 18.1 Å². The maximum absolute atomic E-state index is 5.42. The van der Waals surface area contributed by atoms with E-state index in [9.17, 15) is 0 Å². The zero-order chi connectivity index (χ0) is 12.1. The standard InChI is InChI=1S/C11H15N5S/c1-2-9-10(14-7-15-11(9)16-12)13-5-8-3-4-17-6-8/h3-4,6-7H,2,5,12H2,1H3,(H2,13,14,15,16). The van der Waals surface area contributed by atoms with E-state index in [1.165, 1.54) is 11.9 Å². The lowest BCUT2D eigenvalue weighted by molar-refractivity contribution is 1.01. The maximum atomic E-state index is 5.42. The molecular weight excluding hydrogens is 234 g/mol. The van der Waals surface area contributed by atoms with Crippen molar-refractivity contribution in [1.29, 1.82) is 0 Å². The Morgan fingerprint density at radius 3 is 2.82 bits per heavy atom. The van der Waals surface area contributed by atoms with Crippen molar-refractivity contribution in [1.82, 2.24) is 9.97 Å². The van der Waals surface area contributed by atoms with E-state index in [0.29, 0.717) is 5.82 Å². The van der Waals surface area contributed by atoms with Crippen LogP contribution in [-0.4, -0.2) is 9.97 Å². The number of hydrogen-bond donors (Lipinski definition) is 3. The molecule has 0 saturated heterocycles. The number of nitrogen functional groups attached to an aromatic ring is 1. The van der Waals surface area contributed by atoms with Crippen LogP contribution in [0.25, 0.3) is 0 Å². The van der Waals surface area contributed by atoms with Crippen molar-refractivity contribution in [3.05, 3.63) is 34.3 Å². The van der Waals surface area contributed by atoms with Crippen LogP contribution in [0.2, 0.25) is 0 Å². The summed E-state index contributed by atoms with van der Waals surface area (Å²) < 4.78 is 0. The van der Waals surface area contributed by atoms with Crippen LogP contribution in [0, 0.1) is 0 Å². The van der Waals surface area contributed by atoms with E-state index in [1.54, 1.807) is 11.3 Å². The number of anilines is 2. The van der Waals surface area contributed by atoms with Crippen molar-refractivity contribution >= 4 is 23.0 Å². The monoisotopic (exact) mass is 249 g/mol. The first kappa shape index (κ1) is 11.8. The zero-order valence-electron chi connectivity index (χ0n) is 9.60. The highest BCUT2D eigenvalue weighted by molar-refractivity contribution is 7.07. The fraction of sp³-hybridized carbons (Fsp3) is 0.273. The van der Waals surface area contributed by atoms with Crippen LogP contribution in [0.5, 0.6) is 0 Å². The minimum Gasteiger partial charge on any atom is -0.366 e. The molecule has 0 unspecified atom stereocenters. The maximum Gasteiger partial charge on any atom is 0.148 e. The molecule has 2 aromatic rings. The molecule has 2 aromatic heterocycles. The summed E-state index contributed by atoms with van der Waals surface area (Å²) in [4.78, 5) is 8.33. The van der Waals surface area contributed by atoms with Crippen molar-refractivity contribution in [2.24, 2.45) is 5.84 Å². The summed E-state index contributed by atoms with van der Waals surface area (Å²) in [6, 6.07) is 2.09. The Labute approximate surface area is 104 Å². The summed E-state index contributed by atoms with van der Waals surface area (Å²) in [5, 5.41) is 7.47. The zero-order valence-corrected chi connectivity index (χ0v) is 10.4. The molecule has 0 fully saturated rings. The molecular formula is C11H15N5S. The van der Waals surface area contributed by atoms with Gasteiger partial charge in [0.25, 0.3) is 0 Å². The van der Waals surface area contributed by atoms with Crippen LogP contribution in [-0.2, 0) is 13.0 Å². The van der Waals surface area contributed by atoms with Gasteiger partial charge in [0.05, 0.1) is 0 Å². The van der Waals surface area contributed by atoms with Crippen molar-refractivity contribution < 1.29 is 0 Å². The summed E-state index contributed by atoms with van der Waals surface area (Å²) in [5.74, 6) is 6.93. The van der Waals surface area contributed by atoms with Crippen molar-refractivity contribution in [2.45, 2.75) is 19.9 Å². The van der Waals surface area contributed by atoms with E-state index in [4.69, 9.17) is 5.84 Å². The lowest BCUT2D eigenvalue weighted by Gasteiger charge is -2.12. The molecule has 0 radical (unpaired) electrons. The lowest BCUT2D eigenvalue weighted by Crippen LogP contribution is -2.13. The van der Waals surface area contributed by atoms with Gasteiger partial charge in [0, 0.05) is 12.1 Å². The van der Waals surface area contributed by atoms with Gasteiger partial charge in [0.2, 0.25) is 0 Å². The number of hydrazine groups is 1. The Morgan fingerprint density at radius 2 is 2.18 bits per heavy atom. The molecule has 0 amide bonds. The summed E-state index contributed by atoms with van der Waals surface area (Å²) in [7, 11) is 0. The minimum atomic E-state index is 0.676. The van der Waals surface area contributed by atoms with Crippen LogP contribution in [0.3, 0.4) is 0 Å². The third-order valence-electron chi connectivity index (χ3n) is 2.48. The van der Waals surface area contributed by atoms with Gasteiger partial charge in [-0.15, -0.1) is 0 Å². The van der Waals surface area contributed by atoms with E-state index < -0.39 is 0 Å². The highest BCUT2D eigenvalue weighted by Crippen LogP contribution is 2.20. The van der Waals surface area contributed by atoms with Gasteiger partial charge in [-0.2, -0.15) is 11.3 Å². The van der Waals surface area contributed by atoms with E-state index in [2.05, 4.69) is 44.5 Å². The predicted octanol–water partition coefficient (Wildman–Crippen LogP) is 2.00. The molecule has 0 bridgehead atoms. The van der Waals surface area contributed by atoms with Gasteiger partial charge in [-0.25, -0.2) is 15.8 Å². The highest BCUT2D eigenvalue weighted by atomic mass is 32.1. The molecule has 0 aromatic carbocycles. The second-order valence-electron chi connectivity index (χ2n) is 3.53. The van der Waals surface area contributed by atoms with Gasteiger partial charge in [0.15, 0.2) is 0 Å². The molecule has 2 rings (SSSR count). The number of thiophene rings is 1. The fourth-order valence-corrected chi connectivity index (χ4v) is 2.27. The molecule has 0 aliphatic heterocycles. The number of nitrogens with two attached hydrogens (primary N) is 1. The third-order valence-corrected chi connectivity index (χ3v) is 3.21. The molecule has 17 heavy (non-hydrogen) atoms. The van der Waals surface area contributed by atoms with E-state index in [-0.39, 0.29) is 0 Å². The average Bonchev–Trinajstić information content (AvgIpc) is 2.88. The average molecular weight is 249 g/mol. The quantitative estimate of drug-likeness (QED) is 0.558. The van der Waals surface area contributed by atoms with Crippen molar-refractivity contribution in [3.63, 3.8) is 0 Å². The summed E-state index contributed by atoms with van der Waals surface area (Å²) in [6.07, 6.45) is 2.33. The van der Waals surface area contributed by atoms with Crippen LogP contribution < -0.4 is 16.6 Å². The summed E-state index contributed by atoms with van der Waals surface area (Å²) in [5.41, 5.74) is 4.84. The number of nitrogens with one attached hydrogen (secondary N) is 2. The molecule has 0 aliphatic carbocycles. The van der Waals surface area contributed by atoms with Gasteiger partial charge in [-0.3, -0.25) is 0 Å². The topological polar surface area (TPSA) is 75.9 Å². The van der Waals surface area contributed by atoms with Gasteiger partial charge >= 0.3 is 0 Å². The first-order chi connectivity index (χ1) is 8.35. The molecule has 0 spiro atoms. The Bertz CT molecular complexity index is 469. The van der Waals surface area contributed by atoms with E-state index in [1.807, 2.05) is 0 Å². The Kier molecular flexibility index (Phi) is 3.89. The molecule has 4 N–H and O–H groups in total. The highest BCUT2D eigenvalue weighted by Gasteiger charge is 2.08. The smallest absolute Gasteiger partial charge is 0.148 e. The third kappa shape index (κ3) is 2.72. The molecule has 5 nitrogen and oxygen atoms in total. The SMILES string of the molecule is CCc1c(NN)ncnc1NCc1ccsc1. The Hall–Kier alpha value is -1.66. The Morgan fingerprint density at radius 1 is 1.35 bits per heavy atom. The molecule has 0 atom stereocenters. The van der Waals surface area contributed by atoms with Crippen molar-refractivity contribution in [2.75, 3.05) is 10.7 Å². The summed E-state index contributed by atoms with van der Waals surface area (Å²) in [6.45, 7) is 2.81. The second kappa shape index (κ2) is 5.60. The van der Waals surface area contributed by atoms with E-state index in [0.717, 1.165) is 24.3 Å². The van der Waals surface area contributed by atoms with Crippen molar-refractivity contribution in [3.8, 4) is 0 Å². The first-order valence-corrected chi connectivity index (χ1v) is 6.34. The van der Waals surface area contributed by atoms with Gasteiger partial charge in [-0.1, -0.05) is 6.92 Å². The molecule has 90 valence electrons. The first-order valence-electron chi connectivity index (χ1n) is 5.40. The largest absolute Gasteiger partial charge is 0.366 e. The Balaban J connectivity index is 2.14. The van der Waals surface area contributed by atoms with Crippen LogP contribution >= 0.6 is 11.3 Å². The number of hydrogen-bond acceptors (Lipinski definition) is 6. The molecule has 2 heterocycles. The van der Waals surface area contributed by atoms with Gasteiger partial charge < -0.3 is 10.7 Å². The van der Waals surface area contributed by atoms with Crippen LogP contribution in [0.15, 0.2) is 23.2 Å². The number of nitrogens with zero attached hydrogens (tertiary/aromatic N) is 2. The lowest BCUT2D eigenvalue weighted by atomic mass is 10.2. The number of rotatable bonds is 5. The number of aromatic nitrogens is 2. The molecule has 0 aliphatic rings. The predicted molar refractivity (Wildman–Crippen MR) is 70.9 cm³/mol. The summed E-state index contributed by atoms with van der Waals surface area (Å²) >= 11 is 1.69. The van der Waals surface area contributed by atoms with Gasteiger partial charge in [-0.05, 0) is 28.8 Å². The van der Waals surface area contributed by atoms with E-state index >= 15 is 0 Å². The fourth-order valence-electron chi connectivity index (χ4n) is 1.60.